The zero-order chi connectivity index (χ0) is 18.0. The van der Waals surface area contributed by atoms with Crippen LogP contribution in [0.25, 0.3) is 0 Å². The topological polar surface area (TPSA) is 58.2 Å². The summed E-state index contributed by atoms with van der Waals surface area (Å²) in [4.78, 5) is 24.1. The number of hydrogen-bond acceptors (Lipinski definition) is 2. The van der Waals surface area contributed by atoms with Gasteiger partial charge in [0.1, 0.15) is 5.82 Å². The van der Waals surface area contributed by atoms with Crippen LogP contribution in [-0.4, -0.2) is 18.4 Å². The maximum atomic E-state index is 12.9. The van der Waals surface area contributed by atoms with Crippen LogP contribution < -0.4 is 10.6 Å². The van der Waals surface area contributed by atoms with E-state index in [4.69, 9.17) is 0 Å². The Bertz CT molecular complexity index is 813. The molecule has 25 heavy (non-hydrogen) atoms. The summed E-state index contributed by atoms with van der Waals surface area (Å²) in [5.74, 6) is -0.360. The maximum absolute atomic E-state index is 12.9. The second kappa shape index (κ2) is 6.67. The number of benzene rings is 2. The van der Waals surface area contributed by atoms with Crippen molar-refractivity contribution in [2.45, 2.75) is 32.1 Å². The molecular weight excluding hydrogens is 319 g/mol. The predicted molar refractivity (Wildman–Crippen MR) is 94.9 cm³/mol. The molecule has 0 fully saturated rings. The van der Waals surface area contributed by atoms with Crippen molar-refractivity contribution in [2.75, 3.05) is 11.9 Å². The van der Waals surface area contributed by atoms with Gasteiger partial charge in [0.25, 0.3) is 0 Å². The maximum Gasteiger partial charge on any atom is 0.234 e. The minimum atomic E-state index is -0.579. The third kappa shape index (κ3) is 3.71. The number of hydrogen-bond donors (Lipinski definition) is 2. The number of fused-ring (bicyclic) bond motifs is 1. The molecule has 4 nitrogen and oxygen atoms in total. The molecule has 0 bridgehead atoms. The van der Waals surface area contributed by atoms with Crippen molar-refractivity contribution in [3.05, 3.63) is 65.0 Å². The van der Waals surface area contributed by atoms with Gasteiger partial charge in [-0.25, -0.2) is 4.39 Å². The van der Waals surface area contributed by atoms with Crippen LogP contribution in [0.15, 0.2) is 42.5 Å². The Balaban J connectivity index is 1.56. The largest absolute Gasteiger partial charge is 0.355 e. The van der Waals surface area contributed by atoms with Crippen molar-refractivity contribution >= 4 is 17.5 Å². The van der Waals surface area contributed by atoms with Crippen LogP contribution in [0.2, 0.25) is 0 Å². The van der Waals surface area contributed by atoms with Gasteiger partial charge in [-0.1, -0.05) is 24.3 Å². The molecule has 2 amide bonds. The Morgan fingerprint density at radius 3 is 2.52 bits per heavy atom. The predicted octanol–water partition coefficient (Wildman–Crippen LogP) is 2.96. The first-order chi connectivity index (χ1) is 11.9. The second-order valence-corrected chi connectivity index (χ2v) is 6.86. The lowest BCUT2D eigenvalue weighted by Crippen LogP contribution is -2.28. The molecular formula is C20H21FN2O2. The molecule has 5 heteroatoms. The summed E-state index contributed by atoms with van der Waals surface area (Å²) in [5, 5.41) is 5.73. The van der Waals surface area contributed by atoms with Gasteiger partial charge in [-0.3, -0.25) is 9.59 Å². The minimum absolute atomic E-state index is 0.0246. The molecule has 3 rings (SSSR count). The molecule has 0 spiro atoms. The van der Waals surface area contributed by atoms with Crippen molar-refractivity contribution in [1.29, 1.82) is 0 Å². The van der Waals surface area contributed by atoms with E-state index in [0.29, 0.717) is 13.0 Å². The average molecular weight is 340 g/mol. The third-order valence-corrected chi connectivity index (χ3v) is 4.59. The normalized spacial score (nSPS) is 14.8. The molecule has 0 aliphatic carbocycles. The summed E-state index contributed by atoms with van der Waals surface area (Å²) in [5.41, 5.74) is 3.02. The fraction of sp³-hybridized carbons (Fsp3) is 0.300. The Kier molecular flexibility index (Phi) is 4.57. The lowest BCUT2D eigenvalue weighted by atomic mass is 9.85. The summed E-state index contributed by atoms with van der Waals surface area (Å²) >= 11 is 0. The molecule has 0 radical (unpaired) electrons. The number of amides is 2. The lowest BCUT2D eigenvalue weighted by molar-refractivity contribution is -0.120. The standard InChI is InChI=1S/C20H21FN2O2/c1-20(2)16-11-14(5-8-17(16)23-19(20)25)12-18(24)22-10-9-13-3-6-15(21)7-4-13/h3-8,11H,9-10,12H2,1-2H3,(H,22,24)(H,23,25). The van der Waals surface area contributed by atoms with Gasteiger partial charge in [0.15, 0.2) is 0 Å². The van der Waals surface area contributed by atoms with Gasteiger partial charge in [0.05, 0.1) is 11.8 Å². The zero-order valence-corrected chi connectivity index (χ0v) is 14.4. The first kappa shape index (κ1) is 17.1. The quantitative estimate of drug-likeness (QED) is 0.879. The van der Waals surface area contributed by atoms with Crippen molar-refractivity contribution in [1.82, 2.24) is 5.32 Å². The Hall–Kier alpha value is -2.69. The third-order valence-electron chi connectivity index (χ3n) is 4.59. The Morgan fingerprint density at radius 1 is 1.12 bits per heavy atom. The van der Waals surface area contributed by atoms with Gasteiger partial charge < -0.3 is 10.6 Å². The monoisotopic (exact) mass is 340 g/mol. The molecule has 1 aliphatic rings. The summed E-state index contributed by atoms with van der Waals surface area (Å²) in [6, 6.07) is 11.9. The molecule has 0 atom stereocenters. The first-order valence-corrected chi connectivity index (χ1v) is 8.32. The Morgan fingerprint density at radius 2 is 1.80 bits per heavy atom. The van der Waals surface area contributed by atoms with Crippen LogP contribution >= 0.6 is 0 Å². The van der Waals surface area contributed by atoms with E-state index < -0.39 is 5.41 Å². The fourth-order valence-corrected chi connectivity index (χ4v) is 2.97. The van der Waals surface area contributed by atoms with Crippen LogP contribution in [0.4, 0.5) is 10.1 Å². The first-order valence-electron chi connectivity index (χ1n) is 8.32. The summed E-state index contributed by atoms with van der Waals surface area (Å²) < 4.78 is 12.9. The van der Waals surface area contributed by atoms with Crippen LogP contribution in [0.5, 0.6) is 0 Å². The van der Waals surface area contributed by atoms with Crippen LogP contribution in [0.3, 0.4) is 0 Å². The second-order valence-electron chi connectivity index (χ2n) is 6.86. The van der Waals surface area contributed by atoms with E-state index in [1.54, 1.807) is 12.1 Å². The van der Waals surface area contributed by atoms with Crippen LogP contribution in [0, 0.1) is 5.82 Å². The Labute approximate surface area is 146 Å². The highest BCUT2D eigenvalue weighted by Gasteiger charge is 2.38. The van der Waals surface area contributed by atoms with Gasteiger partial charge in [-0.15, -0.1) is 0 Å². The molecule has 0 aromatic heterocycles. The summed E-state index contributed by atoms with van der Waals surface area (Å²) in [6.07, 6.45) is 0.919. The van der Waals surface area contributed by atoms with E-state index in [9.17, 15) is 14.0 Å². The van der Waals surface area contributed by atoms with E-state index in [0.717, 1.165) is 22.4 Å². The van der Waals surface area contributed by atoms with Crippen LogP contribution in [0.1, 0.15) is 30.5 Å². The highest BCUT2D eigenvalue weighted by molar-refractivity contribution is 6.05. The van der Waals surface area contributed by atoms with Crippen molar-refractivity contribution < 1.29 is 14.0 Å². The van der Waals surface area contributed by atoms with E-state index in [2.05, 4.69) is 10.6 Å². The molecule has 1 aliphatic heterocycles. The molecule has 1 heterocycles. The number of carbonyl (C=O) groups is 2. The van der Waals surface area contributed by atoms with E-state index in [1.807, 2.05) is 32.0 Å². The summed E-state index contributed by atoms with van der Waals surface area (Å²) in [7, 11) is 0. The number of rotatable bonds is 5. The average Bonchev–Trinajstić information content (AvgIpc) is 2.79. The minimum Gasteiger partial charge on any atom is -0.355 e. The van der Waals surface area contributed by atoms with E-state index in [1.165, 1.54) is 12.1 Å². The van der Waals surface area contributed by atoms with E-state index >= 15 is 0 Å². The van der Waals surface area contributed by atoms with Gasteiger partial charge in [0.2, 0.25) is 11.8 Å². The number of halogens is 1. The smallest absolute Gasteiger partial charge is 0.234 e. The van der Waals surface area contributed by atoms with Crippen molar-refractivity contribution in [3.63, 3.8) is 0 Å². The van der Waals surface area contributed by atoms with Gasteiger partial charge in [-0.2, -0.15) is 0 Å². The summed E-state index contributed by atoms with van der Waals surface area (Å²) in [6.45, 7) is 4.25. The van der Waals surface area contributed by atoms with Gasteiger partial charge >= 0.3 is 0 Å². The van der Waals surface area contributed by atoms with Crippen molar-refractivity contribution in [2.24, 2.45) is 0 Å². The van der Waals surface area contributed by atoms with Gasteiger partial charge in [0, 0.05) is 12.2 Å². The van der Waals surface area contributed by atoms with Gasteiger partial charge in [-0.05, 0) is 55.2 Å². The highest BCUT2D eigenvalue weighted by Crippen LogP contribution is 2.37. The molecule has 0 unspecified atom stereocenters. The zero-order valence-electron chi connectivity index (χ0n) is 14.4. The highest BCUT2D eigenvalue weighted by atomic mass is 19.1. The SMILES string of the molecule is CC1(C)C(=O)Nc2ccc(CC(=O)NCCc3ccc(F)cc3)cc21. The van der Waals surface area contributed by atoms with Crippen molar-refractivity contribution in [3.8, 4) is 0 Å². The molecule has 0 saturated heterocycles. The fourth-order valence-electron chi connectivity index (χ4n) is 2.97. The number of anilines is 1. The van der Waals surface area contributed by atoms with Crippen LogP contribution in [-0.2, 0) is 27.8 Å². The molecule has 2 N–H and O–H groups in total. The molecule has 2 aromatic rings. The molecule has 0 saturated carbocycles. The number of carbonyl (C=O) groups excluding carboxylic acids is 2. The number of nitrogens with one attached hydrogen (secondary N) is 2. The molecule has 130 valence electrons. The lowest BCUT2D eigenvalue weighted by Gasteiger charge is -2.15. The molecule has 2 aromatic carbocycles. The van der Waals surface area contributed by atoms with E-state index in [-0.39, 0.29) is 24.1 Å².